The molecule has 4 aromatic rings. The molecule has 0 unspecified atom stereocenters. The molecule has 34 heavy (non-hydrogen) atoms. The van der Waals surface area contributed by atoms with Gasteiger partial charge in [0.1, 0.15) is 11.5 Å². The van der Waals surface area contributed by atoms with Crippen molar-refractivity contribution in [2.24, 2.45) is 5.10 Å². The van der Waals surface area contributed by atoms with E-state index in [1.165, 1.54) is 0 Å². The number of hydrazone groups is 1. The average molecular weight is 476 g/mol. The van der Waals surface area contributed by atoms with Gasteiger partial charge in [-0.05, 0) is 36.4 Å². The molecule has 0 amide bonds. The lowest BCUT2D eigenvalue weighted by atomic mass is 10.2. The molecular formula is C24H22ClN7O2. The molecule has 0 aliphatic carbocycles. The Bertz CT molecular complexity index is 1270. The Hall–Kier alpha value is -3.95. The van der Waals surface area contributed by atoms with Crippen LogP contribution in [0.2, 0.25) is 5.02 Å². The zero-order valence-electron chi connectivity index (χ0n) is 18.2. The smallest absolute Gasteiger partial charge is 0.250 e. The van der Waals surface area contributed by atoms with Crippen molar-refractivity contribution >= 4 is 41.3 Å². The molecule has 1 fully saturated rings. The van der Waals surface area contributed by atoms with Crippen molar-refractivity contribution < 1.29 is 9.15 Å². The van der Waals surface area contributed by atoms with E-state index >= 15 is 0 Å². The van der Waals surface area contributed by atoms with Gasteiger partial charge in [0.2, 0.25) is 17.8 Å². The van der Waals surface area contributed by atoms with E-state index in [-0.39, 0.29) is 0 Å². The number of furan rings is 1. The first-order valence-corrected chi connectivity index (χ1v) is 11.2. The topological polar surface area (TPSA) is 101 Å². The largest absolute Gasteiger partial charge is 0.455 e. The summed E-state index contributed by atoms with van der Waals surface area (Å²) in [5, 5.41) is 8.12. The minimum absolute atomic E-state index is 0.313. The second-order valence-corrected chi connectivity index (χ2v) is 7.89. The molecule has 0 spiro atoms. The molecule has 3 heterocycles. The SMILES string of the molecule is Clc1cccc(-c2ccc(C=NNc3nc(Nc4ccccc4)nc(N4CCOCC4)n3)o2)c1. The Morgan fingerprint density at radius 2 is 1.74 bits per heavy atom. The number of nitrogens with zero attached hydrogens (tertiary/aromatic N) is 5. The van der Waals surface area contributed by atoms with E-state index in [1.54, 1.807) is 6.21 Å². The highest BCUT2D eigenvalue weighted by molar-refractivity contribution is 6.30. The summed E-state index contributed by atoms with van der Waals surface area (Å²) in [5.41, 5.74) is 4.65. The Morgan fingerprint density at radius 3 is 2.56 bits per heavy atom. The fourth-order valence-electron chi connectivity index (χ4n) is 3.40. The first-order chi connectivity index (χ1) is 16.7. The zero-order valence-corrected chi connectivity index (χ0v) is 18.9. The predicted octanol–water partition coefficient (Wildman–Crippen LogP) is 4.81. The molecule has 0 radical (unpaired) electrons. The van der Waals surface area contributed by atoms with Gasteiger partial charge in [0.15, 0.2) is 0 Å². The normalized spacial score (nSPS) is 13.9. The lowest BCUT2D eigenvalue weighted by molar-refractivity contribution is 0.122. The van der Waals surface area contributed by atoms with E-state index in [2.05, 4.69) is 35.7 Å². The van der Waals surface area contributed by atoms with Crippen LogP contribution in [-0.2, 0) is 4.74 Å². The molecule has 2 N–H and O–H groups in total. The zero-order chi connectivity index (χ0) is 23.2. The number of ether oxygens (including phenoxy) is 1. The van der Waals surface area contributed by atoms with Crippen LogP contribution in [0.15, 0.2) is 76.2 Å². The molecular weight excluding hydrogens is 454 g/mol. The van der Waals surface area contributed by atoms with Crippen molar-refractivity contribution in [2.45, 2.75) is 0 Å². The van der Waals surface area contributed by atoms with Gasteiger partial charge in [0.05, 0.1) is 19.4 Å². The van der Waals surface area contributed by atoms with Crippen LogP contribution in [0, 0.1) is 0 Å². The summed E-state index contributed by atoms with van der Waals surface area (Å²) >= 11 is 6.07. The van der Waals surface area contributed by atoms with E-state index in [0.29, 0.717) is 60.7 Å². The lowest BCUT2D eigenvalue weighted by Crippen LogP contribution is -2.37. The molecule has 9 nitrogen and oxygen atoms in total. The monoisotopic (exact) mass is 475 g/mol. The highest BCUT2D eigenvalue weighted by Gasteiger charge is 2.16. The molecule has 2 aromatic carbocycles. The van der Waals surface area contributed by atoms with E-state index in [1.807, 2.05) is 66.7 Å². The highest BCUT2D eigenvalue weighted by Crippen LogP contribution is 2.24. The van der Waals surface area contributed by atoms with Gasteiger partial charge in [-0.25, -0.2) is 5.43 Å². The van der Waals surface area contributed by atoms with Crippen LogP contribution in [-0.4, -0.2) is 47.5 Å². The van der Waals surface area contributed by atoms with Crippen molar-refractivity contribution in [3.05, 3.63) is 77.5 Å². The van der Waals surface area contributed by atoms with Crippen LogP contribution in [0.4, 0.5) is 23.5 Å². The summed E-state index contributed by atoms with van der Waals surface area (Å²) in [5.74, 6) is 2.56. The van der Waals surface area contributed by atoms with Crippen LogP contribution in [0.3, 0.4) is 0 Å². The van der Waals surface area contributed by atoms with Gasteiger partial charge >= 0.3 is 0 Å². The summed E-state index contributed by atoms with van der Waals surface area (Å²) in [6.07, 6.45) is 1.57. The number of hydrogen-bond acceptors (Lipinski definition) is 9. The lowest BCUT2D eigenvalue weighted by Gasteiger charge is -2.27. The van der Waals surface area contributed by atoms with Crippen molar-refractivity contribution in [2.75, 3.05) is 41.9 Å². The maximum Gasteiger partial charge on any atom is 0.250 e. The number of anilines is 4. The van der Waals surface area contributed by atoms with Gasteiger partial charge < -0.3 is 19.4 Å². The first-order valence-electron chi connectivity index (χ1n) is 10.8. The van der Waals surface area contributed by atoms with E-state index in [9.17, 15) is 0 Å². The summed E-state index contributed by atoms with van der Waals surface area (Å²) in [6.45, 7) is 2.66. The molecule has 0 atom stereocenters. The average Bonchev–Trinajstić information content (AvgIpc) is 3.34. The minimum atomic E-state index is 0.313. The molecule has 5 rings (SSSR count). The molecule has 172 valence electrons. The first kappa shape index (κ1) is 21.9. The standard InChI is InChI=1S/C24H22ClN7O2/c25-18-6-4-5-17(15-18)21-10-9-20(34-21)16-26-31-23-28-22(27-19-7-2-1-3-8-19)29-24(30-23)32-11-13-33-14-12-32/h1-10,15-16H,11-14H2,(H2,27,28,29,30,31). The van der Waals surface area contributed by atoms with E-state index in [4.69, 9.17) is 20.8 Å². The van der Waals surface area contributed by atoms with Crippen molar-refractivity contribution in [1.82, 2.24) is 15.0 Å². The number of para-hydroxylation sites is 1. The molecule has 1 saturated heterocycles. The van der Waals surface area contributed by atoms with Gasteiger partial charge in [-0.15, -0.1) is 0 Å². The van der Waals surface area contributed by atoms with Crippen LogP contribution >= 0.6 is 11.6 Å². The fourth-order valence-corrected chi connectivity index (χ4v) is 3.59. The Kier molecular flexibility index (Phi) is 6.64. The van der Waals surface area contributed by atoms with Gasteiger partial charge in [-0.2, -0.15) is 20.1 Å². The highest BCUT2D eigenvalue weighted by atomic mass is 35.5. The van der Waals surface area contributed by atoms with Crippen molar-refractivity contribution in [1.29, 1.82) is 0 Å². The summed E-state index contributed by atoms with van der Waals surface area (Å²) < 4.78 is 11.3. The summed E-state index contributed by atoms with van der Waals surface area (Å²) in [6, 6.07) is 20.9. The Labute approximate surface area is 201 Å². The number of hydrogen-bond donors (Lipinski definition) is 2. The van der Waals surface area contributed by atoms with Crippen LogP contribution in [0.1, 0.15) is 5.76 Å². The Morgan fingerprint density at radius 1 is 0.912 bits per heavy atom. The molecule has 0 saturated carbocycles. The summed E-state index contributed by atoms with van der Waals surface area (Å²) in [4.78, 5) is 15.6. The molecule has 10 heteroatoms. The third-order valence-corrected chi connectivity index (χ3v) is 5.27. The third kappa shape index (κ3) is 5.51. The number of halogens is 1. The number of nitrogens with one attached hydrogen (secondary N) is 2. The second kappa shape index (κ2) is 10.3. The van der Waals surface area contributed by atoms with Gasteiger partial charge in [-0.1, -0.05) is 41.9 Å². The van der Waals surface area contributed by atoms with Crippen molar-refractivity contribution in [3.63, 3.8) is 0 Å². The predicted molar refractivity (Wildman–Crippen MR) is 133 cm³/mol. The van der Waals surface area contributed by atoms with Crippen LogP contribution < -0.4 is 15.6 Å². The maximum atomic E-state index is 6.07. The van der Waals surface area contributed by atoms with Crippen LogP contribution in [0.25, 0.3) is 11.3 Å². The number of benzene rings is 2. The van der Waals surface area contributed by atoms with Crippen molar-refractivity contribution in [3.8, 4) is 11.3 Å². The van der Waals surface area contributed by atoms with Crippen LogP contribution in [0.5, 0.6) is 0 Å². The fraction of sp³-hybridized carbons (Fsp3) is 0.167. The van der Waals surface area contributed by atoms with E-state index in [0.717, 1.165) is 11.3 Å². The summed E-state index contributed by atoms with van der Waals surface area (Å²) in [7, 11) is 0. The van der Waals surface area contributed by atoms with Gasteiger partial charge in [-0.3, -0.25) is 0 Å². The Balaban J connectivity index is 1.34. The second-order valence-electron chi connectivity index (χ2n) is 7.46. The number of morpholine rings is 1. The third-order valence-electron chi connectivity index (χ3n) is 5.04. The minimum Gasteiger partial charge on any atom is -0.455 e. The number of rotatable bonds is 7. The molecule has 1 aliphatic heterocycles. The molecule has 1 aliphatic rings. The maximum absolute atomic E-state index is 6.07. The van der Waals surface area contributed by atoms with Gasteiger partial charge in [0, 0.05) is 29.4 Å². The van der Waals surface area contributed by atoms with Gasteiger partial charge in [0.25, 0.3) is 0 Å². The van der Waals surface area contributed by atoms with E-state index < -0.39 is 0 Å². The molecule has 2 aromatic heterocycles. The molecule has 0 bridgehead atoms. The number of aromatic nitrogens is 3. The quantitative estimate of drug-likeness (QED) is 0.290.